The molecule has 2 N–H and O–H groups in total. The number of anilines is 1. The average molecular weight is 165 g/mol. The molecule has 0 aliphatic rings. The van der Waals surface area contributed by atoms with Gasteiger partial charge in [-0.3, -0.25) is 5.32 Å². The van der Waals surface area contributed by atoms with E-state index >= 15 is 0 Å². The second-order valence-electron chi connectivity index (χ2n) is 2.42. The highest BCUT2D eigenvalue weighted by molar-refractivity contribution is 5.50. The molecule has 12 heavy (non-hydrogen) atoms. The third-order valence-electron chi connectivity index (χ3n) is 1.57. The fourth-order valence-electron chi connectivity index (χ4n) is 0.929. The number of nitrogens with zero attached hydrogens (tertiary/aromatic N) is 1. The summed E-state index contributed by atoms with van der Waals surface area (Å²) in [6.45, 7) is 0.739. The van der Waals surface area contributed by atoms with Crippen LogP contribution in [-0.2, 0) is 0 Å². The van der Waals surface area contributed by atoms with Crippen molar-refractivity contribution in [1.29, 1.82) is 0 Å². The van der Waals surface area contributed by atoms with Gasteiger partial charge in [0.2, 0.25) is 0 Å². The molecular weight excluding hydrogens is 152 g/mol. The van der Waals surface area contributed by atoms with Gasteiger partial charge in [-0.2, -0.15) is 0 Å². The number of rotatable bonds is 4. The molecule has 0 saturated carbocycles. The summed E-state index contributed by atoms with van der Waals surface area (Å²) >= 11 is 0. The Morgan fingerprint density at radius 1 is 1.33 bits per heavy atom. The largest absolute Gasteiger partial charge is 0.395 e. The van der Waals surface area contributed by atoms with E-state index in [1.165, 1.54) is 0 Å². The summed E-state index contributed by atoms with van der Waals surface area (Å²) in [4.78, 5) is 0. The number of nitrogens with one attached hydrogen (secondary N) is 1. The highest BCUT2D eigenvalue weighted by Gasteiger charge is 1.91. The minimum absolute atomic E-state index is 0.153. The van der Waals surface area contributed by atoms with E-state index in [-0.39, 0.29) is 6.61 Å². The van der Waals surface area contributed by atoms with Gasteiger partial charge in [-0.05, 0) is 24.3 Å². The van der Waals surface area contributed by atoms with Crippen molar-refractivity contribution in [2.75, 3.05) is 25.5 Å². The Labute approximate surface area is 72.4 Å². The second-order valence-corrected chi connectivity index (χ2v) is 2.42. The van der Waals surface area contributed by atoms with Gasteiger partial charge >= 0.3 is 0 Å². The quantitative estimate of drug-likeness (QED) is 0.698. The van der Waals surface area contributed by atoms with E-state index in [2.05, 4.69) is 10.6 Å². The molecule has 0 amide bonds. The summed E-state index contributed by atoms with van der Waals surface area (Å²) in [6.07, 6.45) is 0. The van der Waals surface area contributed by atoms with Crippen molar-refractivity contribution < 1.29 is 5.11 Å². The number of aliphatic hydroxyl groups excluding tert-OH is 1. The molecule has 0 atom stereocenters. The number of aliphatic hydroxyl groups is 1. The van der Waals surface area contributed by atoms with Crippen LogP contribution in [0.15, 0.2) is 24.3 Å². The third kappa shape index (κ3) is 2.43. The second kappa shape index (κ2) is 4.62. The van der Waals surface area contributed by atoms with E-state index in [0.29, 0.717) is 6.54 Å². The standard InChI is InChI=1S/C9H13N2O/c1-10-8-2-4-9(5-3-8)11-6-7-12/h2-5,11-12H,6-7H2,1H3. The van der Waals surface area contributed by atoms with E-state index in [1.807, 2.05) is 24.3 Å². The molecule has 0 heterocycles. The Morgan fingerprint density at radius 3 is 2.50 bits per heavy atom. The molecule has 0 aliphatic carbocycles. The van der Waals surface area contributed by atoms with Crippen molar-refractivity contribution in [3.63, 3.8) is 0 Å². The SMILES string of the molecule is C[N]c1ccc(NCCO)cc1. The predicted molar refractivity (Wildman–Crippen MR) is 49.7 cm³/mol. The Hall–Kier alpha value is -1.22. The molecule has 3 heteroatoms. The Bertz CT molecular complexity index is 220. The molecule has 0 saturated heterocycles. The summed E-state index contributed by atoms with van der Waals surface area (Å²) in [5, 5.41) is 15.6. The van der Waals surface area contributed by atoms with E-state index in [1.54, 1.807) is 7.05 Å². The van der Waals surface area contributed by atoms with Crippen LogP contribution in [0.2, 0.25) is 0 Å². The van der Waals surface area contributed by atoms with Crippen LogP contribution in [0.1, 0.15) is 0 Å². The lowest BCUT2D eigenvalue weighted by Crippen LogP contribution is -2.04. The first-order valence-electron chi connectivity index (χ1n) is 3.91. The maximum absolute atomic E-state index is 8.55. The molecule has 0 aromatic heterocycles. The van der Waals surface area contributed by atoms with Gasteiger partial charge in [0.1, 0.15) is 0 Å². The van der Waals surface area contributed by atoms with Gasteiger partial charge in [0, 0.05) is 19.3 Å². The van der Waals surface area contributed by atoms with Gasteiger partial charge < -0.3 is 10.4 Å². The van der Waals surface area contributed by atoms with Gasteiger partial charge in [0.25, 0.3) is 0 Å². The maximum atomic E-state index is 8.55. The smallest absolute Gasteiger partial charge is 0.0604 e. The minimum atomic E-state index is 0.153. The summed E-state index contributed by atoms with van der Waals surface area (Å²) in [7, 11) is 1.76. The molecule has 1 aromatic rings. The van der Waals surface area contributed by atoms with Crippen LogP contribution in [0, 0.1) is 0 Å². The molecule has 0 fully saturated rings. The summed E-state index contributed by atoms with van der Waals surface area (Å²) in [6, 6.07) is 7.75. The fraction of sp³-hybridized carbons (Fsp3) is 0.333. The fourth-order valence-corrected chi connectivity index (χ4v) is 0.929. The van der Waals surface area contributed by atoms with Crippen LogP contribution in [0.25, 0.3) is 0 Å². The highest BCUT2D eigenvalue weighted by Crippen LogP contribution is 2.12. The van der Waals surface area contributed by atoms with Gasteiger partial charge in [0.15, 0.2) is 0 Å². The topological polar surface area (TPSA) is 46.4 Å². The van der Waals surface area contributed by atoms with Crippen LogP contribution in [0.5, 0.6) is 0 Å². The van der Waals surface area contributed by atoms with Gasteiger partial charge in [-0.25, -0.2) is 0 Å². The summed E-state index contributed by atoms with van der Waals surface area (Å²) in [5.74, 6) is 0. The minimum Gasteiger partial charge on any atom is -0.395 e. The number of hydrogen-bond donors (Lipinski definition) is 2. The van der Waals surface area contributed by atoms with Crippen molar-refractivity contribution >= 4 is 11.4 Å². The Kier molecular flexibility index (Phi) is 3.41. The van der Waals surface area contributed by atoms with Crippen molar-refractivity contribution in [3.8, 4) is 0 Å². The molecule has 1 aromatic carbocycles. The monoisotopic (exact) mass is 165 g/mol. The first kappa shape index (κ1) is 8.87. The Balaban J connectivity index is 2.53. The van der Waals surface area contributed by atoms with Crippen molar-refractivity contribution in [2.24, 2.45) is 0 Å². The molecule has 0 aliphatic heterocycles. The van der Waals surface area contributed by atoms with Crippen molar-refractivity contribution in [1.82, 2.24) is 5.32 Å². The lowest BCUT2D eigenvalue weighted by molar-refractivity contribution is 0.311. The van der Waals surface area contributed by atoms with Gasteiger partial charge in [-0.1, -0.05) is 0 Å². The average Bonchev–Trinajstić information content (AvgIpc) is 2.15. The number of benzene rings is 1. The maximum Gasteiger partial charge on any atom is 0.0604 e. The van der Waals surface area contributed by atoms with E-state index in [9.17, 15) is 0 Å². The zero-order valence-electron chi connectivity index (χ0n) is 7.12. The summed E-state index contributed by atoms with van der Waals surface area (Å²) < 4.78 is 0. The van der Waals surface area contributed by atoms with Crippen molar-refractivity contribution in [2.45, 2.75) is 0 Å². The molecule has 0 spiro atoms. The lowest BCUT2D eigenvalue weighted by atomic mass is 10.3. The van der Waals surface area contributed by atoms with E-state index < -0.39 is 0 Å². The van der Waals surface area contributed by atoms with Crippen LogP contribution in [0.3, 0.4) is 0 Å². The Morgan fingerprint density at radius 2 is 2.00 bits per heavy atom. The molecule has 65 valence electrons. The van der Waals surface area contributed by atoms with Gasteiger partial charge in [-0.15, -0.1) is 0 Å². The third-order valence-corrected chi connectivity index (χ3v) is 1.57. The van der Waals surface area contributed by atoms with Crippen molar-refractivity contribution in [3.05, 3.63) is 24.3 Å². The first-order chi connectivity index (χ1) is 5.86. The number of hydrogen-bond acceptors (Lipinski definition) is 2. The van der Waals surface area contributed by atoms with Crippen LogP contribution in [0.4, 0.5) is 11.4 Å². The molecule has 1 radical (unpaired) electrons. The van der Waals surface area contributed by atoms with Crippen LogP contribution in [-0.4, -0.2) is 25.3 Å². The molecule has 1 rings (SSSR count). The van der Waals surface area contributed by atoms with E-state index in [4.69, 9.17) is 5.11 Å². The van der Waals surface area contributed by atoms with E-state index in [0.717, 1.165) is 11.4 Å². The zero-order chi connectivity index (χ0) is 8.81. The predicted octanol–water partition coefficient (Wildman–Crippen LogP) is 0.956. The first-order valence-corrected chi connectivity index (χ1v) is 3.91. The normalized spacial score (nSPS) is 9.50. The zero-order valence-corrected chi connectivity index (χ0v) is 7.12. The molecular formula is C9H13N2O. The highest BCUT2D eigenvalue weighted by atomic mass is 16.3. The van der Waals surface area contributed by atoms with Gasteiger partial charge in [0.05, 0.1) is 12.3 Å². The summed E-state index contributed by atoms with van der Waals surface area (Å²) in [5.41, 5.74) is 1.97. The lowest BCUT2D eigenvalue weighted by Gasteiger charge is -2.04. The molecule has 0 bridgehead atoms. The van der Waals surface area contributed by atoms with Crippen LogP contribution < -0.4 is 10.6 Å². The molecule has 3 nitrogen and oxygen atoms in total. The molecule has 0 unspecified atom stereocenters. The van der Waals surface area contributed by atoms with Crippen LogP contribution >= 0.6 is 0 Å².